The molecule has 3 rings (SSSR count). The molecule has 3 aliphatic rings. The number of carbonyl (C=O) groups excluding carboxylic acids is 3. The second-order valence-corrected chi connectivity index (χ2v) is 12.5. The summed E-state index contributed by atoms with van der Waals surface area (Å²) in [4.78, 5) is 36.3. The summed E-state index contributed by atoms with van der Waals surface area (Å²) < 4.78 is 78.4. The molecule has 15 atom stereocenters. The highest BCUT2D eigenvalue weighted by molar-refractivity contribution is 5.96. The van der Waals surface area contributed by atoms with Crippen molar-refractivity contribution >= 4 is 17.6 Å². The Balaban J connectivity index is 1.88. The Morgan fingerprint density at radius 1 is 0.615 bits per heavy atom. The van der Waals surface area contributed by atoms with Crippen molar-refractivity contribution in [1.29, 1.82) is 0 Å². The molecule has 0 aromatic heterocycles. The van der Waals surface area contributed by atoms with Crippen molar-refractivity contribution < 1.29 is 76.0 Å². The molecule has 18 nitrogen and oxygen atoms in total. The molecule has 3 fully saturated rings. The average Bonchev–Trinajstić information content (AvgIpc) is 3.12. The highest BCUT2D eigenvalue weighted by Crippen LogP contribution is 2.36. The van der Waals surface area contributed by atoms with E-state index in [0.717, 1.165) is 0 Å². The van der Waals surface area contributed by atoms with Crippen LogP contribution in [0, 0.1) is 12.3 Å². The Kier molecular flexibility index (Phi) is 18.2. The van der Waals surface area contributed by atoms with Crippen molar-refractivity contribution in [2.45, 2.75) is 119 Å². The molecule has 14 unspecified atom stereocenters. The van der Waals surface area contributed by atoms with E-state index in [1.54, 1.807) is 6.92 Å². The van der Waals surface area contributed by atoms with Crippen molar-refractivity contribution in [3.63, 3.8) is 0 Å². The van der Waals surface area contributed by atoms with Crippen LogP contribution in [0.25, 0.3) is 0 Å². The summed E-state index contributed by atoms with van der Waals surface area (Å²) in [5, 5.41) is 5.63. The maximum atomic E-state index is 12.7. The van der Waals surface area contributed by atoms with E-state index in [-0.39, 0.29) is 32.0 Å². The SMILES string of the molecule is C#CC(=O)CCC(=O)NC1OC(COC)C(OC2OC(COC)C(OC3OC(C)[C@@H](NC(C)=O)C(OC)C3OC)C(OC)C2OC)C(OC)C1OC. The van der Waals surface area contributed by atoms with Gasteiger partial charge in [-0.05, 0) is 12.8 Å². The Labute approximate surface area is 305 Å². The lowest BCUT2D eigenvalue weighted by Crippen LogP contribution is -2.69. The second-order valence-electron chi connectivity index (χ2n) is 12.5. The molecule has 3 saturated heterocycles. The third kappa shape index (κ3) is 10.7. The summed E-state index contributed by atoms with van der Waals surface area (Å²) in [7, 11) is 11.9. The first-order chi connectivity index (χ1) is 25.0. The third-order valence-electron chi connectivity index (χ3n) is 9.32. The summed E-state index contributed by atoms with van der Waals surface area (Å²) in [6.45, 7) is 3.30. The molecule has 0 radical (unpaired) electrons. The van der Waals surface area contributed by atoms with Gasteiger partial charge in [0, 0.05) is 76.6 Å². The van der Waals surface area contributed by atoms with Gasteiger partial charge in [-0.1, -0.05) is 0 Å². The second kappa shape index (κ2) is 21.5. The van der Waals surface area contributed by atoms with E-state index in [0.29, 0.717) is 0 Å². The first-order valence-corrected chi connectivity index (χ1v) is 16.9. The first kappa shape index (κ1) is 44.0. The van der Waals surface area contributed by atoms with Crippen LogP contribution in [0.5, 0.6) is 0 Å². The van der Waals surface area contributed by atoms with Gasteiger partial charge in [0.05, 0.1) is 25.4 Å². The quantitative estimate of drug-likeness (QED) is 0.120. The minimum Gasteiger partial charge on any atom is -0.382 e. The van der Waals surface area contributed by atoms with Gasteiger partial charge in [-0.2, -0.15) is 0 Å². The minimum absolute atomic E-state index is 0.0317. The summed E-state index contributed by atoms with van der Waals surface area (Å²) in [5.41, 5.74) is 0. The molecule has 2 N–H and O–H groups in total. The maximum Gasteiger partial charge on any atom is 0.222 e. The molecule has 0 aromatic rings. The van der Waals surface area contributed by atoms with E-state index in [1.165, 1.54) is 63.8 Å². The van der Waals surface area contributed by atoms with Crippen LogP contribution in [0.3, 0.4) is 0 Å². The molecular formula is C34H56N2O16. The number of Topliss-reactive ketones (excluding diaryl/α,β-unsaturated/α-hetero) is 1. The van der Waals surface area contributed by atoms with Crippen LogP contribution in [-0.2, 0) is 76.0 Å². The Morgan fingerprint density at radius 3 is 1.58 bits per heavy atom. The number of rotatable bonds is 19. The lowest BCUT2D eigenvalue weighted by molar-refractivity contribution is -0.374. The van der Waals surface area contributed by atoms with Gasteiger partial charge in [0.2, 0.25) is 17.6 Å². The number of amides is 2. The molecule has 2 amide bonds. The van der Waals surface area contributed by atoms with Crippen LogP contribution in [0.4, 0.5) is 0 Å². The normalized spacial score (nSPS) is 37.9. The van der Waals surface area contributed by atoms with Gasteiger partial charge in [-0.3, -0.25) is 14.4 Å². The Bertz CT molecular complexity index is 1170. The van der Waals surface area contributed by atoms with E-state index < -0.39 is 104 Å². The lowest BCUT2D eigenvalue weighted by Gasteiger charge is -2.51. The van der Waals surface area contributed by atoms with Crippen LogP contribution in [-0.4, -0.2) is 180 Å². The van der Waals surface area contributed by atoms with Gasteiger partial charge >= 0.3 is 0 Å². The van der Waals surface area contributed by atoms with Crippen molar-refractivity contribution in [3.8, 4) is 12.3 Å². The Hall–Kier alpha value is -2.35. The molecule has 0 saturated carbocycles. The topological polar surface area (TPSA) is 195 Å². The van der Waals surface area contributed by atoms with E-state index in [9.17, 15) is 14.4 Å². The van der Waals surface area contributed by atoms with Crippen LogP contribution in [0.15, 0.2) is 0 Å². The summed E-state index contributed by atoms with van der Waals surface area (Å²) in [6.07, 6.45) is -6.82. The van der Waals surface area contributed by atoms with Crippen molar-refractivity contribution in [3.05, 3.63) is 0 Å². The number of nitrogens with one attached hydrogen (secondary N) is 2. The highest BCUT2D eigenvalue weighted by Gasteiger charge is 2.55. The van der Waals surface area contributed by atoms with Gasteiger partial charge in [-0.15, -0.1) is 6.42 Å². The fourth-order valence-electron chi connectivity index (χ4n) is 6.90. The van der Waals surface area contributed by atoms with Gasteiger partial charge in [0.1, 0.15) is 61.0 Å². The summed E-state index contributed by atoms with van der Waals surface area (Å²) in [5.74, 6) is 0.781. The van der Waals surface area contributed by atoms with Crippen molar-refractivity contribution in [2.24, 2.45) is 0 Å². The number of carbonyl (C=O) groups is 3. The number of methoxy groups -OCH3 is 8. The number of ketones is 1. The Morgan fingerprint density at radius 2 is 1.10 bits per heavy atom. The minimum atomic E-state index is -1.10. The van der Waals surface area contributed by atoms with Gasteiger partial charge in [0.25, 0.3) is 0 Å². The van der Waals surface area contributed by atoms with E-state index in [1.807, 2.05) is 5.92 Å². The smallest absolute Gasteiger partial charge is 0.222 e. The summed E-state index contributed by atoms with van der Waals surface area (Å²) in [6, 6.07) is -0.514. The number of terminal acetylenes is 1. The van der Waals surface area contributed by atoms with Crippen molar-refractivity contribution in [1.82, 2.24) is 10.6 Å². The first-order valence-electron chi connectivity index (χ1n) is 16.9. The molecule has 0 bridgehead atoms. The van der Waals surface area contributed by atoms with E-state index >= 15 is 0 Å². The van der Waals surface area contributed by atoms with E-state index in [2.05, 4.69) is 10.6 Å². The molecule has 3 aliphatic heterocycles. The molecule has 298 valence electrons. The number of ether oxygens (including phenoxy) is 13. The van der Waals surface area contributed by atoms with Crippen LogP contribution >= 0.6 is 0 Å². The molecule has 52 heavy (non-hydrogen) atoms. The molecule has 18 heteroatoms. The zero-order chi connectivity index (χ0) is 38.5. The maximum absolute atomic E-state index is 12.7. The summed E-state index contributed by atoms with van der Waals surface area (Å²) >= 11 is 0. The largest absolute Gasteiger partial charge is 0.382 e. The fraction of sp³-hybridized carbons (Fsp3) is 0.853. The highest BCUT2D eigenvalue weighted by atomic mass is 16.8. The predicted molar refractivity (Wildman–Crippen MR) is 179 cm³/mol. The zero-order valence-corrected chi connectivity index (χ0v) is 31.6. The molecule has 0 spiro atoms. The standard InChI is InChI=1S/C34H56N2O16/c1-12-19(38)13-14-22(39)36-32-29(45-9)27(43-7)24(20(49-32)15-40-4)52-34-31(47-11)28(44-8)25(21(50-34)16-41-5)51-33-30(46-10)26(42-6)23(17(2)48-33)35-18(3)37/h1,17,20-21,23-34H,13-16H2,2-11H3,(H,35,37)(H,36,39)/t17?,20?,21?,23-,24?,25?,26?,27?,28?,29?,30?,31?,32?,33?,34?/m1/s1. The molecular weight excluding hydrogens is 692 g/mol. The lowest BCUT2D eigenvalue weighted by atomic mass is 9.94. The number of hydrogen-bond donors (Lipinski definition) is 2. The van der Waals surface area contributed by atoms with Crippen LogP contribution < -0.4 is 10.6 Å². The monoisotopic (exact) mass is 748 g/mol. The fourth-order valence-corrected chi connectivity index (χ4v) is 6.90. The average molecular weight is 749 g/mol. The predicted octanol–water partition coefficient (Wildman–Crippen LogP) is -1.06. The molecule has 0 aromatic carbocycles. The molecule has 3 heterocycles. The van der Waals surface area contributed by atoms with Gasteiger partial charge in [0.15, 0.2) is 18.8 Å². The van der Waals surface area contributed by atoms with Crippen LogP contribution in [0.1, 0.15) is 26.7 Å². The molecule has 0 aliphatic carbocycles. The zero-order valence-electron chi connectivity index (χ0n) is 31.6. The third-order valence-corrected chi connectivity index (χ3v) is 9.32. The van der Waals surface area contributed by atoms with Gasteiger partial charge in [-0.25, -0.2) is 0 Å². The van der Waals surface area contributed by atoms with E-state index in [4.69, 9.17) is 68.0 Å². The van der Waals surface area contributed by atoms with Crippen molar-refractivity contribution in [2.75, 3.05) is 70.1 Å². The number of hydrogen-bond acceptors (Lipinski definition) is 16. The van der Waals surface area contributed by atoms with Gasteiger partial charge < -0.3 is 72.2 Å². The van der Waals surface area contributed by atoms with Crippen LogP contribution in [0.2, 0.25) is 0 Å².